The summed E-state index contributed by atoms with van der Waals surface area (Å²) in [7, 11) is 1.27. The van der Waals surface area contributed by atoms with Gasteiger partial charge in [0.2, 0.25) is 0 Å². The third-order valence-electron chi connectivity index (χ3n) is 2.83. The molecule has 0 heterocycles. The minimum absolute atomic E-state index is 0.179. The van der Waals surface area contributed by atoms with Gasteiger partial charge in [-0.15, -0.1) is 0 Å². The molecule has 0 aliphatic rings. The molecule has 0 aliphatic carbocycles. The van der Waals surface area contributed by atoms with Crippen molar-refractivity contribution in [2.75, 3.05) is 13.6 Å². The van der Waals surface area contributed by atoms with Gasteiger partial charge in [0.15, 0.2) is 0 Å². The van der Waals surface area contributed by atoms with Crippen LogP contribution in [0.15, 0.2) is 22.7 Å². The largest absolute Gasteiger partial charge is 0.481 e. The summed E-state index contributed by atoms with van der Waals surface area (Å²) in [5.74, 6) is -2.87. The number of benzene rings is 1. The molecule has 0 saturated heterocycles. The van der Waals surface area contributed by atoms with Gasteiger partial charge in [0.1, 0.15) is 0 Å². The standard InChI is InChI=1S/C13H13BrF3NO3/c1-7(12(20)21)6-18(2)11(19)9-4-3-8(14)5-10(9)13(15,16)17/h3-5,7H,6H2,1-2H3,(H,20,21). The van der Waals surface area contributed by atoms with Crippen LogP contribution in [0.1, 0.15) is 22.8 Å². The van der Waals surface area contributed by atoms with Crippen molar-refractivity contribution in [2.45, 2.75) is 13.1 Å². The molecule has 116 valence electrons. The van der Waals surface area contributed by atoms with E-state index in [9.17, 15) is 22.8 Å². The molecule has 1 aromatic rings. The van der Waals surface area contributed by atoms with E-state index in [4.69, 9.17) is 5.11 Å². The number of aliphatic carboxylic acids is 1. The van der Waals surface area contributed by atoms with Crippen LogP contribution in [0.3, 0.4) is 0 Å². The van der Waals surface area contributed by atoms with Gasteiger partial charge in [-0.05, 0) is 18.2 Å². The molecule has 8 heteroatoms. The topological polar surface area (TPSA) is 57.6 Å². The number of nitrogens with zero attached hydrogens (tertiary/aromatic N) is 1. The molecule has 0 radical (unpaired) electrons. The third-order valence-corrected chi connectivity index (χ3v) is 3.33. The van der Waals surface area contributed by atoms with Crippen LogP contribution in [0.4, 0.5) is 13.2 Å². The zero-order valence-electron chi connectivity index (χ0n) is 11.2. The Balaban J connectivity index is 3.10. The van der Waals surface area contributed by atoms with Crippen LogP contribution < -0.4 is 0 Å². The predicted molar refractivity (Wildman–Crippen MR) is 72.9 cm³/mol. The Morgan fingerprint density at radius 2 is 1.95 bits per heavy atom. The Morgan fingerprint density at radius 3 is 2.43 bits per heavy atom. The van der Waals surface area contributed by atoms with Crippen molar-refractivity contribution < 1.29 is 27.9 Å². The Morgan fingerprint density at radius 1 is 1.38 bits per heavy atom. The minimum Gasteiger partial charge on any atom is -0.481 e. The molecule has 0 aromatic heterocycles. The Kier molecular flexibility index (Phi) is 5.38. The van der Waals surface area contributed by atoms with Gasteiger partial charge in [-0.3, -0.25) is 9.59 Å². The number of halogens is 4. The van der Waals surface area contributed by atoms with Crippen LogP contribution >= 0.6 is 15.9 Å². The first-order valence-electron chi connectivity index (χ1n) is 5.89. The fraction of sp³-hybridized carbons (Fsp3) is 0.385. The van der Waals surface area contributed by atoms with Crippen molar-refractivity contribution in [3.8, 4) is 0 Å². The molecule has 1 N–H and O–H groups in total. The molecule has 0 bridgehead atoms. The zero-order chi connectivity index (χ0) is 16.4. The summed E-state index contributed by atoms with van der Waals surface area (Å²) in [5, 5.41) is 8.78. The maximum absolute atomic E-state index is 13.0. The van der Waals surface area contributed by atoms with Crippen LogP contribution in [-0.2, 0) is 11.0 Å². The van der Waals surface area contributed by atoms with Crippen molar-refractivity contribution in [2.24, 2.45) is 5.92 Å². The fourth-order valence-corrected chi connectivity index (χ4v) is 2.08. The average molecular weight is 368 g/mol. The van der Waals surface area contributed by atoms with E-state index < -0.39 is 35.1 Å². The van der Waals surface area contributed by atoms with E-state index in [1.54, 1.807) is 0 Å². The number of rotatable bonds is 4. The molecule has 0 spiro atoms. The lowest BCUT2D eigenvalue weighted by Gasteiger charge is -2.21. The van der Waals surface area contributed by atoms with Crippen LogP contribution in [0.2, 0.25) is 0 Å². The van der Waals surface area contributed by atoms with E-state index in [0.717, 1.165) is 17.0 Å². The summed E-state index contributed by atoms with van der Waals surface area (Å²) in [4.78, 5) is 23.8. The molecule has 1 aromatic carbocycles. The summed E-state index contributed by atoms with van der Waals surface area (Å²) in [6, 6.07) is 3.22. The summed E-state index contributed by atoms with van der Waals surface area (Å²) >= 11 is 2.93. The highest BCUT2D eigenvalue weighted by atomic mass is 79.9. The van der Waals surface area contributed by atoms with Gasteiger partial charge in [0, 0.05) is 18.1 Å². The van der Waals surface area contributed by atoms with Crippen molar-refractivity contribution >= 4 is 27.8 Å². The maximum Gasteiger partial charge on any atom is 0.417 e. The lowest BCUT2D eigenvalue weighted by atomic mass is 10.1. The Bertz CT molecular complexity index is 560. The van der Waals surface area contributed by atoms with E-state index >= 15 is 0 Å². The molecule has 4 nitrogen and oxygen atoms in total. The lowest BCUT2D eigenvalue weighted by Crippen LogP contribution is -2.34. The second-order valence-corrected chi connectivity index (χ2v) is 5.53. The average Bonchev–Trinajstić information content (AvgIpc) is 2.36. The van der Waals surface area contributed by atoms with Crippen molar-refractivity contribution in [1.29, 1.82) is 0 Å². The van der Waals surface area contributed by atoms with E-state index in [-0.39, 0.29) is 11.0 Å². The summed E-state index contributed by atoms with van der Waals surface area (Å²) in [6.07, 6.45) is -4.67. The number of carbonyl (C=O) groups excluding carboxylic acids is 1. The maximum atomic E-state index is 13.0. The quantitative estimate of drug-likeness (QED) is 0.888. The van der Waals surface area contributed by atoms with Gasteiger partial charge in [-0.1, -0.05) is 22.9 Å². The van der Waals surface area contributed by atoms with Crippen LogP contribution in [0.25, 0.3) is 0 Å². The highest BCUT2D eigenvalue weighted by Gasteiger charge is 2.36. The van der Waals surface area contributed by atoms with Gasteiger partial charge >= 0.3 is 12.1 Å². The first kappa shape index (κ1) is 17.5. The van der Waals surface area contributed by atoms with Crippen LogP contribution in [-0.4, -0.2) is 35.5 Å². The van der Waals surface area contributed by atoms with Crippen molar-refractivity contribution in [1.82, 2.24) is 4.90 Å². The Hall–Kier alpha value is -1.57. The number of carboxylic acids is 1. The molecule has 1 rings (SSSR count). The van der Waals surface area contributed by atoms with Gasteiger partial charge in [-0.25, -0.2) is 0 Å². The second-order valence-electron chi connectivity index (χ2n) is 4.61. The third kappa shape index (κ3) is 4.45. The smallest absolute Gasteiger partial charge is 0.417 e. The van der Waals surface area contributed by atoms with Crippen LogP contribution in [0.5, 0.6) is 0 Å². The molecule has 1 amide bonds. The number of hydrogen-bond acceptors (Lipinski definition) is 2. The second kappa shape index (κ2) is 6.46. The highest BCUT2D eigenvalue weighted by molar-refractivity contribution is 9.10. The fourth-order valence-electron chi connectivity index (χ4n) is 1.71. The molecular formula is C13H13BrF3NO3. The number of carbonyl (C=O) groups is 2. The van der Waals surface area contributed by atoms with Gasteiger partial charge in [-0.2, -0.15) is 13.2 Å². The number of carboxylic acid groups (broad SMARTS) is 1. The van der Waals surface area contributed by atoms with Gasteiger partial charge in [0.05, 0.1) is 17.0 Å². The number of hydrogen-bond donors (Lipinski definition) is 1. The molecule has 1 atom stereocenters. The zero-order valence-corrected chi connectivity index (χ0v) is 12.8. The number of amides is 1. The van der Waals surface area contributed by atoms with E-state index in [2.05, 4.69) is 15.9 Å². The molecule has 0 aliphatic heterocycles. The summed E-state index contributed by atoms with van der Waals surface area (Å²) in [6.45, 7) is 1.19. The van der Waals surface area contributed by atoms with E-state index in [0.29, 0.717) is 0 Å². The first-order chi connectivity index (χ1) is 9.54. The minimum atomic E-state index is -4.67. The van der Waals surface area contributed by atoms with Crippen molar-refractivity contribution in [3.05, 3.63) is 33.8 Å². The van der Waals surface area contributed by atoms with E-state index in [1.165, 1.54) is 20.0 Å². The normalized spacial score (nSPS) is 12.9. The monoisotopic (exact) mass is 367 g/mol. The summed E-state index contributed by atoms with van der Waals surface area (Å²) in [5.41, 5.74) is -1.57. The van der Waals surface area contributed by atoms with Crippen LogP contribution in [0, 0.1) is 5.92 Å². The van der Waals surface area contributed by atoms with Gasteiger partial charge in [0.25, 0.3) is 5.91 Å². The van der Waals surface area contributed by atoms with Gasteiger partial charge < -0.3 is 10.0 Å². The predicted octanol–water partition coefficient (Wildman–Crippen LogP) is 3.26. The lowest BCUT2D eigenvalue weighted by molar-refractivity contribution is -0.141. The SMILES string of the molecule is CC(CN(C)C(=O)c1ccc(Br)cc1C(F)(F)F)C(=O)O. The first-order valence-corrected chi connectivity index (χ1v) is 6.68. The molecule has 21 heavy (non-hydrogen) atoms. The van der Waals surface area contributed by atoms with Crippen molar-refractivity contribution in [3.63, 3.8) is 0 Å². The summed E-state index contributed by atoms with van der Waals surface area (Å²) < 4.78 is 39.1. The molecule has 1 unspecified atom stereocenters. The van der Waals surface area contributed by atoms with E-state index in [1.807, 2.05) is 0 Å². The molecule has 0 fully saturated rings. The Labute approximate surface area is 127 Å². The highest BCUT2D eigenvalue weighted by Crippen LogP contribution is 2.34. The number of alkyl halides is 3. The molecule has 0 saturated carbocycles. The molecular weight excluding hydrogens is 355 g/mol.